The van der Waals surface area contributed by atoms with Crippen LogP contribution in [0.3, 0.4) is 0 Å². The van der Waals surface area contributed by atoms with Crippen LogP contribution < -0.4 is 25.8 Å². The second-order valence-electron chi connectivity index (χ2n) is 17.5. The van der Waals surface area contributed by atoms with Crippen molar-refractivity contribution in [3.8, 4) is 6.07 Å². The fourth-order valence-corrected chi connectivity index (χ4v) is 9.87. The number of aliphatic imine (C=N–C) groups is 1. The lowest BCUT2D eigenvalue weighted by Gasteiger charge is -2.39. The first-order chi connectivity index (χ1) is 31.2. The molecule has 340 valence electrons. The van der Waals surface area contributed by atoms with Crippen molar-refractivity contribution in [3.05, 3.63) is 87.9 Å². The number of fused-ring (bicyclic) bond motifs is 2. The van der Waals surface area contributed by atoms with Crippen molar-refractivity contribution >= 4 is 46.8 Å². The van der Waals surface area contributed by atoms with Crippen LogP contribution in [0.1, 0.15) is 83.3 Å². The van der Waals surface area contributed by atoms with Crippen LogP contribution in [0.25, 0.3) is 0 Å². The Morgan fingerprint density at radius 3 is 2.43 bits per heavy atom. The molecule has 5 aliphatic heterocycles. The van der Waals surface area contributed by atoms with Crippen LogP contribution >= 0.6 is 0 Å². The smallest absolute Gasteiger partial charge is 0.367 e. The summed E-state index contributed by atoms with van der Waals surface area (Å²) in [5, 5.41) is 17.5. The number of nitrogens with zero attached hydrogens (tertiary/aromatic N) is 8. The van der Waals surface area contributed by atoms with Gasteiger partial charge in [0.1, 0.15) is 35.7 Å². The normalized spacial score (nSPS) is 23.8. The zero-order valence-electron chi connectivity index (χ0n) is 35.3. The van der Waals surface area contributed by atoms with Gasteiger partial charge in [0.2, 0.25) is 23.7 Å². The van der Waals surface area contributed by atoms with Gasteiger partial charge in [-0.05, 0) is 92.8 Å². The lowest BCUT2D eigenvalue weighted by molar-refractivity contribution is -0.138. The molecule has 1 aromatic heterocycles. The Bertz CT molecular complexity index is 2530. The van der Waals surface area contributed by atoms with Crippen molar-refractivity contribution < 1.29 is 41.1 Å². The number of nitriles is 1. The molecule has 15 nitrogen and oxygen atoms in total. The number of alkyl halides is 3. The van der Waals surface area contributed by atoms with Gasteiger partial charge in [-0.1, -0.05) is 0 Å². The van der Waals surface area contributed by atoms with Crippen LogP contribution in [0.2, 0.25) is 0 Å². The maximum absolute atomic E-state index is 15.4. The molecule has 1 saturated carbocycles. The number of benzene rings is 2. The van der Waals surface area contributed by atoms with Crippen LogP contribution in [0.5, 0.6) is 0 Å². The van der Waals surface area contributed by atoms with Crippen LogP contribution in [-0.4, -0.2) is 101 Å². The maximum Gasteiger partial charge on any atom is 0.417 e. The molecule has 2 aromatic carbocycles. The summed E-state index contributed by atoms with van der Waals surface area (Å²) in [6.45, 7) is 4.25. The molecule has 65 heavy (non-hydrogen) atoms. The van der Waals surface area contributed by atoms with Crippen molar-refractivity contribution in [2.75, 3.05) is 54.4 Å². The topological polar surface area (TPSA) is 179 Å². The SMILES string of the molecule is N#Cc1ccc(N2CCc3c(ncnc3NC3=CCC(C(=O)N[C@H]4CC[C@H](CN5CCN(c6cc7c(cc6F)C(=O)N(C6CCC(=O)NC6=O)C7)CC5)CC4)C(F)=N3)C2)cc1C(F)(F)F. The Kier molecular flexibility index (Phi) is 12.0. The number of aromatic nitrogens is 2. The van der Waals surface area contributed by atoms with Crippen LogP contribution in [0.15, 0.2) is 53.5 Å². The first kappa shape index (κ1) is 43.7. The number of carbonyl (C=O) groups excluding carboxylic acids is 4. The molecule has 20 heteroatoms. The molecule has 4 amide bonds. The standard InChI is InChI=1S/C45H46F5N11O4/c46-34-19-32-27(22-61(44(32)65)36-8-10-39(62)57-43(36)64)17-37(34)59-15-13-58(14-16-59)21-25-1-4-28(5-2-25)54-42(63)31-7-9-38(55-40(31)47)56-41-30-11-12-60(23-35(30)52-24-53-41)29-6-3-26(20-51)33(18-29)45(48,49)50/h3,6,9,17-19,24-25,28,31,36H,1-2,4-5,7-8,10-16,21-23H2,(H,54,63)(H,52,53,56)(H,57,62,64)/t25-,28-,31?,36?. The van der Waals surface area contributed by atoms with Gasteiger partial charge in [0, 0.05) is 75.1 Å². The molecule has 0 bridgehead atoms. The highest BCUT2D eigenvalue weighted by Gasteiger charge is 2.41. The van der Waals surface area contributed by atoms with Gasteiger partial charge in [0.25, 0.3) is 5.91 Å². The molecule has 6 heterocycles. The second-order valence-corrected chi connectivity index (χ2v) is 17.5. The highest BCUT2D eigenvalue weighted by molar-refractivity contribution is 6.05. The molecule has 3 fully saturated rings. The maximum atomic E-state index is 15.4. The van der Waals surface area contributed by atoms with Crippen LogP contribution in [0.4, 0.5) is 39.1 Å². The number of piperidine rings is 1. The molecule has 0 spiro atoms. The van der Waals surface area contributed by atoms with Gasteiger partial charge in [-0.3, -0.25) is 29.4 Å². The lowest BCUT2D eigenvalue weighted by atomic mass is 9.85. The van der Waals surface area contributed by atoms with Gasteiger partial charge in [-0.15, -0.1) is 0 Å². The number of allylic oxidation sites excluding steroid dienone is 1. The molecular weight excluding hydrogens is 854 g/mol. The number of hydrogen-bond acceptors (Lipinski definition) is 12. The van der Waals surface area contributed by atoms with Gasteiger partial charge < -0.3 is 25.3 Å². The zero-order valence-corrected chi connectivity index (χ0v) is 35.3. The molecule has 2 unspecified atom stereocenters. The third-order valence-electron chi connectivity index (χ3n) is 13.4. The average Bonchev–Trinajstić information content (AvgIpc) is 3.60. The van der Waals surface area contributed by atoms with E-state index in [1.54, 1.807) is 23.1 Å². The van der Waals surface area contributed by atoms with Crippen molar-refractivity contribution in [2.24, 2.45) is 16.8 Å². The van der Waals surface area contributed by atoms with E-state index >= 15 is 8.78 Å². The number of hydrogen-bond donors (Lipinski definition) is 3. The van der Waals surface area contributed by atoms with Gasteiger partial charge in [0.05, 0.1) is 35.1 Å². The minimum Gasteiger partial charge on any atom is -0.367 e. The molecule has 2 atom stereocenters. The van der Waals surface area contributed by atoms with E-state index < -0.39 is 58.8 Å². The molecule has 6 aliphatic rings. The highest BCUT2D eigenvalue weighted by atomic mass is 19.4. The number of nitrogens with one attached hydrogen (secondary N) is 3. The minimum atomic E-state index is -4.68. The van der Waals surface area contributed by atoms with Crippen molar-refractivity contribution in [1.29, 1.82) is 5.26 Å². The number of imide groups is 1. The van der Waals surface area contributed by atoms with Gasteiger partial charge >= 0.3 is 6.18 Å². The largest absolute Gasteiger partial charge is 0.417 e. The lowest BCUT2D eigenvalue weighted by Crippen LogP contribution is -2.52. The Labute approximate surface area is 370 Å². The Hall–Kier alpha value is -6.49. The number of anilines is 3. The first-order valence-electron chi connectivity index (χ1n) is 21.9. The van der Waals surface area contributed by atoms with E-state index in [0.717, 1.165) is 63.0 Å². The van der Waals surface area contributed by atoms with Crippen LogP contribution in [-0.2, 0) is 40.1 Å². The average molecular weight is 900 g/mol. The number of rotatable bonds is 9. The number of amides is 4. The minimum absolute atomic E-state index is 0.0837. The summed E-state index contributed by atoms with van der Waals surface area (Å²) in [5.41, 5.74) is 1.47. The molecule has 1 aliphatic carbocycles. The fraction of sp³-hybridized carbons (Fsp3) is 0.467. The molecular formula is C45H46F5N11O4. The van der Waals surface area contributed by atoms with E-state index in [1.165, 1.54) is 23.4 Å². The van der Waals surface area contributed by atoms with E-state index in [2.05, 4.69) is 35.8 Å². The zero-order chi connectivity index (χ0) is 45.6. The molecule has 0 radical (unpaired) electrons. The second kappa shape index (κ2) is 17.8. The summed E-state index contributed by atoms with van der Waals surface area (Å²) < 4.78 is 71.7. The van der Waals surface area contributed by atoms with E-state index in [-0.39, 0.29) is 55.7 Å². The number of carbonyl (C=O) groups is 4. The summed E-state index contributed by atoms with van der Waals surface area (Å²) >= 11 is 0. The Morgan fingerprint density at radius 2 is 1.71 bits per heavy atom. The summed E-state index contributed by atoms with van der Waals surface area (Å²) in [4.78, 5) is 70.7. The first-order valence-corrected chi connectivity index (χ1v) is 21.9. The van der Waals surface area contributed by atoms with E-state index in [9.17, 15) is 32.3 Å². The number of halogens is 5. The molecule has 3 N–H and O–H groups in total. The van der Waals surface area contributed by atoms with Crippen molar-refractivity contribution in [2.45, 2.75) is 82.7 Å². The van der Waals surface area contributed by atoms with Gasteiger partial charge in [0.15, 0.2) is 0 Å². The van der Waals surface area contributed by atoms with E-state index in [1.807, 2.05) is 4.90 Å². The third-order valence-corrected chi connectivity index (χ3v) is 13.4. The monoisotopic (exact) mass is 899 g/mol. The Morgan fingerprint density at radius 1 is 0.923 bits per heavy atom. The summed E-state index contributed by atoms with van der Waals surface area (Å²) in [7, 11) is 0. The highest BCUT2D eigenvalue weighted by Crippen LogP contribution is 2.37. The molecule has 9 rings (SSSR count). The van der Waals surface area contributed by atoms with Gasteiger partial charge in [-0.25, -0.2) is 19.4 Å². The molecule has 3 aromatic rings. The third kappa shape index (κ3) is 9.10. The van der Waals surface area contributed by atoms with Crippen molar-refractivity contribution in [1.82, 2.24) is 30.4 Å². The van der Waals surface area contributed by atoms with E-state index in [4.69, 9.17) is 5.26 Å². The summed E-state index contributed by atoms with van der Waals surface area (Å²) in [5.74, 6) is -3.10. The predicted molar refractivity (Wildman–Crippen MR) is 226 cm³/mol. The summed E-state index contributed by atoms with van der Waals surface area (Å²) in [6, 6.07) is 7.32. The van der Waals surface area contributed by atoms with E-state index in [0.29, 0.717) is 60.4 Å². The molecule has 2 saturated heterocycles. The fourth-order valence-electron chi connectivity index (χ4n) is 9.87. The quantitative estimate of drug-likeness (QED) is 0.195. The van der Waals surface area contributed by atoms with Crippen molar-refractivity contribution in [3.63, 3.8) is 0 Å². The van der Waals surface area contributed by atoms with Gasteiger partial charge in [-0.2, -0.15) is 22.8 Å². The predicted octanol–water partition coefficient (Wildman–Crippen LogP) is 4.97. The van der Waals surface area contributed by atoms with Crippen LogP contribution in [0, 0.1) is 29.0 Å². The Balaban J connectivity index is 0.719. The number of piperazine rings is 1. The summed E-state index contributed by atoms with van der Waals surface area (Å²) in [6.07, 6.45) is 2.40.